The third kappa shape index (κ3) is 7.06. The molecule has 0 spiro atoms. The topological polar surface area (TPSA) is 9.23 Å². The molecular weight excluding hydrogens is 160 g/mol. The highest BCUT2D eigenvalue weighted by Crippen LogP contribution is 2.20. The minimum Gasteiger partial charge on any atom is -0.381 e. The number of rotatable bonds is 4. The number of hydrogen-bond donors (Lipinski definition) is 0. The van der Waals surface area contributed by atoms with Gasteiger partial charge in [0.25, 0.3) is 0 Å². The SMILES string of the molecule is CC.CCCCCC1CCOCC1. The third-order valence-electron chi connectivity index (χ3n) is 2.56. The van der Waals surface area contributed by atoms with Crippen LogP contribution in [-0.4, -0.2) is 13.2 Å². The summed E-state index contributed by atoms with van der Waals surface area (Å²) in [6.07, 6.45) is 8.26. The van der Waals surface area contributed by atoms with Gasteiger partial charge >= 0.3 is 0 Å². The Morgan fingerprint density at radius 3 is 2.23 bits per heavy atom. The van der Waals surface area contributed by atoms with E-state index in [2.05, 4.69) is 6.92 Å². The van der Waals surface area contributed by atoms with Gasteiger partial charge in [-0.25, -0.2) is 0 Å². The molecule has 0 N–H and O–H groups in total. The average molecular weight is 186 g/mol. The Balaban J connectivity index is 0.000000671. The molecule has 0 atom stereocenters. The molecule has 1 aliphatic rings. The van der Waals surface area contributed by atoms with E-state index in [0.29, 0.717) is 0 Å². The summed E-state index contributed by atoms with van der Waals surface area (Å²) in [5.41, 5.74) is 0. The van der Waals surface area contributed by atoms with Crippen molar-refractivity contribution in [2.45, 2.75) is 59.3 Å². The van der Waals surface area contributed by atoms with Gasteiger partial charge in [-0.05, 0) is 18.8 Å². The van der Waals surface area contributed by atoms with E-state index < -0.39 is 0 Å². The van der Waals surface area contributed by atoms with Crippen molar-refractivity contribution in [3.63, 3.8) is 0 Å². The second-order valence-electron chi connectivity index (χ2n) is 3.55. The Bertz CT molecular complexity index is 85.1. The van der Waals surface area contributed by atoms with E-state index in [4.69, 9.17) is 4.74 Å². The van der Waals surface area contributed by atoms with Crippen molar-refractivity contribution >= 4 is 0 Å². The zero-order valence-electron chi connectivity index (χ0n) is 9.64. The van der Waals surface area contributed by atoms with Crippen LogP contribution in [0.1, 0.15) is 59.3 Å². The Labute approximate surface area is 83.9 Å². The summed E-state index contributed by atoms with van der Waals surface area (Å²) < 4.78 is 5.31. The lowest BCUT2D eigenvalue weighted by atomic mass is 9.94. The number of ether oxygens (including phenoxy) is 1. The van der Waals surface area contributed by atoms with Crippen LogP contribution in [0, 0.1) is 5.92 Å². The van der Waals surface area contributed by atoms with E-state index in [1.807, 2.05) is 13.8 Å². The molecule has 13 heavy (non-hydrogen) atoms. The van der Waals surface area contributed by atoms with Crippen LogP contribution >= 0.6 is 0 Å². The Kier molecular flexibility index (Phi) is 10.0. The van der Waals surface area contributed by atoms with Crippen molar-refractivity contribution < 1.29 is 4.74 Å². The van der Waals surface area contributed by atoms with E-state index in [1.165, 1.54) is 38.5 Å². The van der Waals surface area contributed by atoms with Crippen LogP contribution in [0.2, 0.25) is 0 Å². The lowest BCUT2D eigenvalue weighted by Crippen LogP contribution is -2.15. The van der Waals surface area contributed by atoms with Crippen molar-refractivity contribution in [1.82, 2.24) is 0 Å². The molecule has 0 unspecified atom stereocenters. The van der Waals surface area contributed by atoms with Gasteiger partial charge in [-0.15, -0.1) is 0 Å². The Morgan fingerprint density at radius 1 is 1.08 bits per heavy atom. The molecule has 0 radical (unpaired) electrons. The predicted molar refractivity (Wildman–Crippen MR) is 59.0 cm³/mol. The molecule has 0 aromatic carbocycles. The second kappa shape index (κ2) is 10.0. The minimum absolute atomic E-state index is 0.982. The molecular formula is C12H26O. The molecule has 0 bridgehead atoms. The summed E-state index contributed by atoms with van der Waals surface area (Å²) >= 11 is 0. The maximum Gasteiger partial charge on any atom is 0.0468 e. The highest BCUT2D eigenvalue weighted by Gasteiger charge is 2.12. The van der Waals surface area contributed by atoms with Crippen LogP contribution in [0.15, 0.2) is 0 Å². The summed E-state index contributed by atoms with van der Waals surface area (Å²) in [5, 5.41) is 0. The van der Waals surface area contributed by atoms with Gasteiger partial charge < -0.3 is 4.74 Å². The molecule has 1 saturated heterocycles. The zero-order valence-corrected chi connectivity index (χ0v) is 9.64. The van der Waals surface area contributed by atoms with Gasteiger partial charge in [0, 0.05) is 13.2 Å². The molecule has 0 amide bonds. The lowest BCUT2D eigenvalue weighted by Gasteiger charge is -2.21. The first kappa shape index (κ1) is 13.0. The molecule has 0 aromatic heterocycles. The van der Waals surface area contributed by atoms with Gasteiger partial charge in [0.15, 0.2) is 0 Å². The predicted octanol–water partition coefficient (Wildman–Crippen LogP) is 4.02. The quantitative estimate of drug-likeness (QED) is 0.603. The molecule has 1 nitrogen and oxygen atoms in total. The highest BCUT2D eigenvalue weighted by molar-refractivity contribution is 4.62. The van der Waals surface area contributed by atoms with Gasteiger partial charge in [-0.2, -0.15) is 0 Å². The maximum atomic E-state index is 5.31. The average Bonchev–Trinajstić information content (AvgIpc) is 2.23. The number of unbranched alkanes of at least 4 members (excludes halogenated alkanes) is 2. The van der Waals surface area contributed by atoms with Crippen LogP contribution in [0.25, 0.3) is 0 Å². The van der Waals surface area contributed by atoms with E-state index in [0.717, 1.165) is 19.1 Å². The largest absolute Gasteiger partial charge is 0.381 e. The van der Waals surface area contributed by atoms with Crippen LogP contribution in [0.3, 0.4) is 0 Å². The van der Waals surface area contributed by atoms with Gasteiger partial charge in [0.2, 0.25) is 0 Å². The minimum atomic E-state index is 0.982. The Hall–Kier alpha value is -0.0400. The summed E-state index contributed by atoms with van der Waals surface area (Å²) in [6.45, 7) is 8.29. The van der Waals surface area contributed by atoms with Gasteiger partial charge in [-0.1, -0.05) is 46.5 Å². The summed E-state index contributed by atoms with van der Waals surface area (Å²) in [5.74, 6) is 0.982. The van der Waals surface area contributed by atoms with Crippen LogP contribution in [0.4, 0.5) is 0 Å². The van der Waals surface area contributed by atoms with Crippen molar-refractivity contribution in [3.8, 4) is 0 Å². The molecule has 0 aliphatic carbocycles. The van der Waals surface area contributed by atoms with Crippen molar-refractivity contribution in [3.05, 3.63) is 0 Å². The van der Waals surface area contributed by atoms with Gasteiger partial charge in [0.1, 0.15) is 0 Å². The number of hydrogen-bond acceptors (Lipinski definition) is 1. The fraction of sp³-hybridized carbons (Fsp3) is 1.00. The van der Waals surface area contributed by atoms with Crippen molar-refractivity contribution in [2.24, 2.45) is 5.92 Å². The van der Waals surface area contributed by atoms with E-state index in [9.17, 15) is 0 Å². The zero-order chi connectivity index (χ0) is 9.94. The van der Waals surface area contributed by atoms with Crippen LogP contribution in [0.5, 0.6) is 0 Å². The van der Waals surface area contributed by atoms with Gasteiger partial charge in [0.05, 0.1) is 0 Å². The monoisotopic (exact) mass is 186 g/mol. The van der Waals surface area contributed by atoms with E-state index >= 15 is 0 Å². The summed E-state index contributed by atoms with van der Waals surface area (Å²) in [7, 11) is 0. The first-order valence-corrected chi connectivity index (χ1v) is 6.01. The normalized spacial score (nSPS) is 17.8. The summed E-state index contributed by atoms with van der Waals surface area (Å²) in [6, 6.07) is 0. The fourth-order valence-corrected chi connectivity index (χ4v) is 1.72. The van der Waals surface area contributed by atoms with E-state index in [1.54, 1.807) is 0 Å². The van der Waals surface area contributed by atoms with Crippen molar-refractivity contribution in [2.75, 3.05) is 13.2 Å². The van der Waals surface area contributed by atoms with Crippen LogP contribution in [-0.2, 0) is 4.74 Å². The molecule has 1 aliphatic heterocycles. The first-order valence-electron chi connectivity index (χ1n) is 6.01. The smallest absolute Gasteiger partial charge is 0.0468 e. The molecule has 80 valence electrons. The second-order valence-corrected chi connectivity index (χ2v) is 3.55. The maximum absolute atomic E-state index is 5.31. The molecule has 1 rings (SSSR count). The summed E-state index contributed by atoms with van der Waals surface area (Å²) in [4.78, 5) is 0. The molecule has 1 heteroatoms. The van der Waals surface area contributed by atoms with Crippen molar-refractivity contribution in [1.29, 1.82) is 0 Å². The third-order valence-corrected chi connectivity index (χ3v) is 2.56. The Morgan fingerprint density at radius 2 is 1.69 bits per heavy atom. The first-order chi connectivity index (χ1) is 6.43. The molecule has 1 fully saturated rings. The lowest BCUT2D eigenvalue weighted by molar-refractivity contribution is 0.0631. The molecule has 1 heterocycles. The fourth-order valence-electron chi connectivity index (χ4n) is 1.72. The van der Waals surface area contributed by atoms with Gasteiger partial charge in [-0.3, -0.25) is 0 Å². The molecule has 0 saturated carbocycles. The van der Waals surface area contributed by atoms with Crippen LogP contribution < -0.4 is 0 Å². The standard InChI is InChI=1S/C10H20O.C2H6/c1-2-3-4-5-10-6-8-11-9-7-10;1-2/h10H,2-9H2,1H3;1-2H3. The molecule has 0 aromatic rings. The van der Waals surface area contributed by atoms with E-state index in [-0.39, 0.29) is 0 Å². The highest BCUT2D eigenvalue weighted by atomic mass is 16.5.